The third-order valence-corrected chi connectivity index (χ3v) is 4.87. The molecule has 0 unspecified atom stereocenters. The maximum atomic E-state index is 12.7. The number of aryl methyl sites for hydroxylation is 2. The Balaban J connectivity index is 1.67. The van der Waals surface area contributed by atoms with Crippen LogP contribution >= 0.6 is 0 Å². The van der Waals surface area contributed by atoms with Crippen molar-refractivity contribution in [1.29, 1.82) is 0 Å². The lowest BCUT2D eigenvalue weighted by molar-refractivity contribution is -0.121. The highest BCUT2D eigenvalue weighted by Crippen LogP contribution is 2.34. The molecule has 0 radical (unpaired) electrons. The molecule has 152 valence electrons. The molecular weight excluding hydrogens is 384 g/mol. The molecule has 3 aromatic rings. The van der Waals surface area contributed by atoms with E-state index < -0.39 is 5.91 Å². The number of benzene rings is 2. The SMILES string of the molecule is C=CCN1C(=O)COc2ccc(NC(=O)c3cc(=O)c4c(C)cc(C)cc4o3)cc21. The van der Waals surface area contributed by atoms with Crippen molar-refractivity contribution in [3.05, 3.63) is 76.2 Å². The number of hydrogen-bond acceptors (Lipinski definition) is 5. The first-order valence-corrected chi connectivity index (χ1v) is 9.42. The van der Waals surface area contributed by atoms with Crippen LogP contribution in [0.2, 0.25) is 0 Å². The van der Waals surface area contributed by atoms with Crippen LogP contribution in [0.1, 0.15) is 21.7 Å². The van der Waals surface area contributed by atoms with Gasteiger partial charge in [-0.25, -0.2) is 0 Å². The monoisotopic (exact) mass is 404 g/mol. The minimum Gasteiger partial charge on any atom is -0.482 e. The Morgan fingerprint density at radius 3 is 2.77 bits per heavy atom. The van der Waals surface area contributed by atoms with Crippen molar-refractivity contribution >= 4 is 34.2 Å². The Kier molecular flexibility index (Phi) is 4.87. The summed E-state index contributed by atoms with van der Waals surface area (Å²) in [6, 6.07) is 9.79. The second kappa shape index (κ2) is 7.51. The summed E-state index contributed by atoms with van der Waals surface area (Å²) in [6.45, 7) is 7.67. The van der Waals surface area contributed by atoms with E-state index in [1.807, 2.05) is 19.9 Å². The Morgan fingerprint density at radius 2 is 2.00 bits per heavy atom. The zero-order valence-corrected chi connectivity index (χ0v) is 16.7. The molecule has 1 N–H and O–H groups in total. The van der Waals surface area contributed by atoms with E-state index in [2.05, 4.69) is 11.9 Å². The molecule has 2 heterocycles. The highest BCUT2D eigenvalue weighted by Gasteiger charge is 2.25. The van der Waals surface area contributed by atoms with E-state index in [-0.39, 0.29) is 23.7 Å². The van der Waals surface area contributed by atoms with Gasteiger partial charge in [-0.15, -0.1) is 6.58 Å². The Hall–Kier alpha value is -3.87. The molecule has 1 aliphatic heterocycles. The third kappa shape index (κ3) is 3.45. The molecule has 4 rings (SSSR count). The fraction of sp³-hybridized carbons (Fsp3) is 0.174. The zero-order chi connectivity index (χ0) is 21.4. The number of nitrogens with one attached hydrogen (secondary N) is 1. The molecule has 0 saturated heterocycles. The van der Waals surface area contributed by atoms with E-state index in [1.165, 1.54) is 11.0 Å². The maximum absolute atomic E-state index is 12.7. The zero-order valence-electron chi connectivity index (χ0n) is 16.7. The smallest absolute Gasteiger partial charge is 0.291 e. The lowest BCUT2D eigenvalue weighted by Crippen LogP contribution is -2.38. The molecule has 2 aromatic carbocycles. The van der Waals surface area contributed by atoms with Gasteiger partial charge in [-0.1, -0.05) is 12.1 Å². The number of rotatable bonds is 4. The van der Waals surface area contributed by atoms with Gasteiger partial charge in [0.25, 0.3) is 11.8 Å². The van der Waals surface area contributed by atoms with Crippen LogP contribution in [0.15, 0.2) is 58.3 Å². The minimum absolute atomic E-state index is 0.0480. The highest BCUT2D eigenvalue weighted by atomic mass is 16.5. The van der Waals surface area contributed by atoms with Gasteiger partial charge in [0.15, 0.2) is 17.8 Å². The largest absolute Gasteiger partial charge is 0.482 e. The molecule has 0 bridgehead atoms. The molecule has 1 aliphatic rings. The molecule has 7 heteroatoms. The Labute approximate surface area is 172 Å². The molecule has 0 spiro atoms. The van der Waals surface area contributed by atoms with E-state index in [0.29, 0.717) is 34.6 Å². The van der Waals surface area contributed by atoms with Crippen molar-refractivity contribution in [2.24, 2.45) is 0 Å². The van der Waals surface area contributed by atoms with Gasteiger partial charge < -0.3 is 19.4 Å². The number of carbonyl (C=O) groups is 2. The fourth-order valence-electron chi connectivity index (χ4n) is 3.58. The van der Waals surface area contributed by atoms with Gasteiger partial charge in [-0.2, -0.15) is 0 Å². The van der Waals surface area contributed by atoms with Crippen LogP contribution in [0, 0.1) is 13.8 Å². The number of nitrogens with zero attached hydrogens (tertiary/aromatic N) is 1. The van der Waals surface area contributed by atoms with Gasteiger partial charge in [0.1, 0.15) is 11.3 Å². The van der Waals surface area contributed by atoms with Crippen molar-refractivity contribution in [2.75, 3.05) is 23.4 Å². The normalized spacial score (nSPS) is 13.0. The van der Waals surface area contributed by atoms with Crippen molar-refractivity contribution in [1.82, 2.24) is 0 Å². The topological polar surface area (TPSA) is 88.9 Å². The first-order valence-electron chi connectivity index (χ1n) is 9.42. The van der Waals surface area contributed by atoms with Crippen LogP contribution in [0.3, 0.4) is 0 Å². The summed E-state index contributed by atoms with van der Waals surface area (Å²) in [6.07, 6.45) is 1.62. The standard InChI is InChI=1S/C23H20N2O5/c1-4-7-25-16-10-15(5-6-18(16)29-12-21(25)27)24-23(28)20-11-17(26)22-14(3)8-13(2)9-19(22)30-20/h4-6,8-11H,1,7,12H2,2-3H3,(H,24,28). The van der Waals surface area contributed by atoms with Crippen LogP contribution in [0.4, 0.5) is 11.4 Å². The molecular formula is C23H20N2O5. The summed E-state index contributed by atoms with van der Waals surface area (Å²) in [5.74, 6) is -0.313. The number of amides is 2. The predicted octanol–water partition coefficient (Wildman–Crippen LogP) is 3.57. The fourth-order valence-corrected chi connectivity index (χ4v) is 3.58. The Bertz CT molecular complexity index is 1260. The van der Waals surface area contributed by atoms with Gasteiger partial charge >= 0.3 is 0 Å². The van der Waals surface area contributed by atoms with Crippen molar-refractivity contribution < 1.29 is 18.7 Å². The van der Waals surface area contributed by atoms with E-state index in [1.54, 1.807) is 30.3 Å². The van der Waals surface area contributed by atoms with Crippen LogP contribution in [-0.2, 0) is 4.79 Å². The lowest BCUT2D eigenvalue weighted by Gasteiger charge is -2.28. The first-order chi connectivity index (χ1) is 14.4. The molecule has 7 nitrogen and oxygen atoms in total. The summed E-state index contributed by atoms with van der Waals surface area (Å²) in [5.41, 5.74) is 2.80. The summed E-state index contributed by atoms with van der Waals surface area (Å²) in [5, 5.41) is 3.18. The average Bonchev–Trinajstić information content (AvgIpc) is 2.69. The second-order valence-electron chi connectivity index (χ2n) is 7.15. The van der Waals surface area contributed by atoms with E-state index in [4.69, 9.17) is 9.15 Å². The van der Waals surface area contributed by atoms with Gasteiger partial charge in [0.05, 0.1) is 11.1 Å². The molecule has 30 heavy (non-hydrogen) atoms. The summed E-state index contributed by atoms with van der Waals surface area (Å²) in [4.78, 5) is 38.9. The summed E-state index contributed by atoms with van der Waals surface area (Å²) in [7, 11) is 0. The molecule has 0 fully saturated rings. The second-order valence-corrected chi connectivity index (χ2v) is 7.15. The molecule has 2 amide bonds. The maximum Gasteiger partial charge on any atom is 0.291 e. The van der Waals surface area contributed by atoms with Crippen LogP contribution in [-0.4, -0.2) is 25.0 Å². The van der Waals surface area contributed by atoms with E-state index in [9.17, 15) is 14.4 Å². The average molecular weight is 404 g/mol. The molecule has 0 atom stereocenters. The lowest BCUT2D eigenvalue weighted by atomic mass is 10.1. The number of ether oxygens (including phenoxy) is 1. The van der Waals surface area contributed by atoms with E-state index >= 15 is 0 Å². The van der Waals surface area contributed by atoms with Gasteiger partial charge in [-0.3, -0.25) is 14.4 Å². The summed E-state index contributed by atoms with van der Waals surface area (Å²) >= 11 is 0. The van der Waals surface area contributed by atoms with Crippen molar-refractivity contribution in [3.63, 3.8) is 0 Å². The van der Waals surface area contributed by atoms with Gasteiger partial charge in [0, 0.05) is 18.3 Å². The van der Waals surface area contributed by atoms with Gasteiger partial charge in [0.2, 0.25) is 0 Å². The van der Waals surface area contributed by atoms with Crippen LogP contribution in [0.25, 0.3) is 11.0 Å². The number of hydrogen-bond donors (Lipinski definition) is 1. The number of carbonyl (C=O) groups excluding carboxylic acids is 2. The van der Waals surface area contributed by atoms with Crippen LogP contribution < -0.4 is 20.4 Å². The predicted molar refractivity (Wildman–Crippen MR) is 114 cm³/mol. The first kappa shape index (κ1) is 19.4. The minimum atomic E-state index is -0.563. The summed E-state index contributed by atoms with van der Waals surface area (Å²) < 4.78 is 11.2. The molecule has 1 aromatic heterocycles. The van der Waals surface area contributed by atoms with Gasteiger partial charge in [-0.05, 0) is 49.2 Å². The molecule has 0 saturated carbocycles. The van der Waals surface area contributed by atoms with E-state index in [0.717, 1.165) is 11.1 Å². The van der Waals surface area contributed by atoms with Crippen LogP contribution in [0.5, 0.6) is 5.75 Å². The highest BCUT2D eigenvalue weighted by molar-refractivity contribution is 6.04. The number of anilines is 2. The third-order valence-electron chi connectivity index (χ3n) is 4.87. The Morgan fingerprint density at radius 1 is 1.20 bits per heavy atom. The van der Waals surface area contributed by atoms with Crippen molar-refractivity contribution in [3.8, 4) is 5.75 Å². The molecule has 0 aliphatic carbocycles. The number of fused-ring (bicyclic) bond motifs is 2. The van der Waals surface area contributed by atoms with Crippen molar-refractivity contribution in [2.45, 2.75) is 13.8 Å². The quantitative estimate of drug-likeness (QED) is 0.672.